The normalized spacial score (nSPS) is 12.6. The number of thiazole rings is 4. The van der Waals surface area contributed by atoms with E-state index in [4.69, 9.17) is 0 Å². The van der Waals surface area contributed by atoms with Gasteiger partial charge in [0.25, 0.3) is 0 Å². The molecule has 0 aliphatic heterocycles. The van der Waals surface area contributed by atoms with E-state index in [0.29, 0.717) is 0 Å². The molecule has 4 aromatic heterocycles. The van der Waals surface area contributed by atoms with Crippen LogP contribution in [0.2, 0.25) is 0 Å². The third-order valence-electron chi connectivity index (χ3n) is 8.51. The molecule has 10 heteroatoms. The average molecular weight is 677 g/mol. The van der Waals surface area contributed by atoms with Crippen molar-refractivity contribution in [3.05, 3.63) is 94.4 Å². The molecule has 46 heavy (non-hydrogen) atoms. The zero-order valence-electron chi connectivity index (χ0n) is 26.4. The lowest BCUT2D eigenvalue weighted by molar-refractivity contribution is 0.595. The van der Waals surface area contributed by atoms with Crippen molar-refractivity contribution < 1.29 is 0 Å². The first-order valence-corrected chi connectivity index (χ1v) is 18.6. The van der Waals surface area contributed by atoms with Gasteiger partial charge < -0.3 is 0 Å². The Morgan fingerprint density at radius 1 is 0.457 bits per heavy atom. The molecule has 0 spiro atoms. The maximum absolute atomic E-state index is 4.48. The molecule has 0 saturated carbocycles. The molecule has 0 aliphatic carbocycles. The fourth-order valence-corrected chi connectivity index (χ4v) is 9.27. The highest BCUT2D eigenvalue weighted by Gasteiger charge is 2.30. The van der Waals surface area contributed by atoms with Crippen LogP contribution in [0.4, 0.5) is 31.4 Å². The summed E-state index contributed by atoms with van der Waals surface area (Å²) >= 11 is 6.57. The van der Waals surface area contributed by atoms with Crippen LogP contribution in [0.3, 0.4) is 0 Å². The van der Waals surface area contributed by atoms with Crippen LogP contribution in [-0.2, 0) is 10.8 Å². The molecular weight excluding hydrogens is 645 g/mol. The summed E-state index contributed by atoms with van der Waals surface area (Å²) in [4.78, 5) is 22.6. The van der Waals surface area contributed by atoms with Gasteiger partial charge in [-0.25, -0.2) is 0 Å². The summed E-state index contributed by atoms with van der Waals surface area (Å²) in [7, 11) is 0. The number of hydrogen-bond donors (Lipinski definition) is 0. The summed E-state index contributed by atoms with van der Waals surface area (Å²) in [5, 5.41) is 11.8. The lowest BCUT2D eigenvalue weighted by Gasteiger charge is -2.32. The lowest BCUT2D eigenvalue weighted by atomic mass is 9.77. The lowest BCUT2D eigenvalue weighted by Crippen LogP contribution is -2.17. The number of aromatic nitrogens is 4. The van der Waals surface area contributed by atoms with Crippen molar-refractivity contribution in [2.45, 2.75) is 52.4 Å². The van der Waals surface area contributed by atoms with E-state index in [1.165, 1.54) is 43.4 Å². The van der Waals surface area contributed by atoms with Gasteiger partial charge in [-0.15, -0.1) is 45.3 Å². The molecule has 4 aromatic carbocycles. The third kappa shape index (κ3) is 4.69. The minimum absolute atomic E-state index is 0.100. The van der Waals surface area contributed by atoms with Crippen LogP contribution in [0.25, 0.3) is 32.3 Å². The molecule has 0 bridgehead atoms. The molecule has 4 heterocycles. The van der Waals surface area contributed by atoms with Gasteiger partial charge in [0.2, 0.25) is 0 Å². The summed E-state index contributed by atoms with van der Waals surface area (Å²) in [5.74, 6) is 0. The first-order valence-electron chi connectivity index (χ1n) is 15.0. The van der Waals surface area contributed by atoms with E-state index >= 15 is 0 Å². The van der Waals surface area contributed by atoms with Gasteiger partial charge >= 0.3 is 0 Å². The summed E-state index contributed by atoms with van der Waals surface area (Å²) in [5.41, 5.74) is 12.3. The molecule has 0 fully saturated rings. The van der Waals surface area contributed by atoms with Crippen molar-refractivity contribution in [3.8, 4) is 0 Å². The fraction of sp³-hybridized carbons (Fsp3) is 0.222. The fourth-order valence-electron chi connectivity index (χ4n) is 6.54. The third-order valence-corrected chi connectivity index (χ3v) is 11.5. The molecule has 0 saturated heterocycles. The zero-order chi connectivity index (χ0) is 31.8. The Bertz CT molecular complexity index is 2040. The van der Waals surface area contributed by atoms with E-state index < -0.39 is 0 Å². The topological polar surface area (TPSA) is 58.0 Å². The molecule has 0 aliphatic rings. The van der Waals surface area contributed by atoms with Crippen molar-refractivity contribution in [1.82, 2.24) is 19.9 Å². The predicted octanol–water partition coefficient (Wildman–Crippen LogP) is 11.9. The Morgan fingerprint density at radius 2 is 0.761 bits per heavy atom. The van der Waals surface area contributed by atoms with Gasteiger partial charge in [-0.3, -0.25) is 29.7 Å². The Balaban J connectivity index is 1.56. The van der Waals surface area contributed by atoms with Crippen molar-refractivity contribution >= 4 is 109 Å². The maximum Gasteiger partial charge on any atom is 0.121 e. The molecule has 0 radical (unpaired) electrons. The van der Waals surface area contributed by atoms with E-state index in [1.54, 1.807) is 45.3 Å². The van der Waals surface area contributed by atoms with E-state index in [9.17, 15) is 0 Å². The highest BCUT2D eigenvalue weighted by Crippen LogP contribution is 2.52. The molecular formula is C36H32N6S4. The Labute approximate surface area is 284 Å². The molecule has 0 amide bonds. The van der Waals surface area contributed by atoms with Crippen molar-refractivity contribution in [3.63, 3.8) is 0 Å². The van der Waals surface area contributed by atoms with E-state index in [1.807, 2.05) is 46.8 Å². The van der Waals surface area contributed by atoms with Gasteiger partial charge in [-0.05, 0) is 55.6 Å². The molecule has 8 rings (SSSR count). The monoisotopic (exact) mass is 676 g/mol. The number of nitrogens with zero attached hydrogens (tertiary/aromatic N) is 6. The molecule has 0 unspecified atom stereocenters. The number of rotatable bonds is 6. The van der Waals surface area contributed by atoms with Crippen LogP contribution >= 0.6 is 45.3 Å². The van der Waals surface area contributed by atoms with Crippen LogP contribution in [0.15, 0.2) is 83.2 Å². The van der Waals surface area contributed by atoms with E-state index in [2.05, 4.69) is 108 Å². The molecule has 0 N–H and O–H groups in total. The van der Waals surface area contributed by atoms with Gasteiger partial charge in [-0.1, -0.05) is 65.8 Å². The summed E-state index contributed by atoms with van der Waals surface area (Å²) in [6.07, 6.45) is 7.82. The van der Waals surface area contributed by atoms with Crippen LogP contribution < -0.4 is 9.80 Å². The van der Waals surface area contributed by atoms with E-state index in [0.717, 1.165) is 31.4 Å². The number of hydrogen-bond acceptors (Lipinski definition) is 10. The molecule has 6 nitrogen and oxygen atoms in total. The molecule has 0 atom stereocenters. The van der Waals surface area contributed by atoms with Crippen LogP contribution in [0.1, 0.15) is 52.7 Å². The standard InChI is InChI=1S/C36H32N6S4/c1-35(2,3)25-11-27(41(29-13-37-17-43-29)30-14-38-18-44-30)23-10-8-22-26(36(4,5)6)12-28(24-9-7-21(25)33(23)34(22)24)42(31-15-39-19-45-31)32-16-40-20-46-32/h7-20H,1-6H3. The molecule has 230 valence electrons. The highest BCUT2D eigenvalue weighted by molar-refractivity contribution is 7.16. The second kappa shape index (κ2) is 10.8. The minimum atomic E-state index is -0.100. The summed E-state index contributed by atoms with van der Waals surface area (Å²) < 4.78 is 0. The highest BCUT2D eigenvalue weighted by atomic mass is 32.1. The maximum atomic E-state index is 4.48. The van der Waals surface area contributed by atoms with Crippen LogP contribution in [-0.4, -0.2) is 19.9 Å². The first-order chi connectivity index (χ1) is 22.1. The van der Waals surface area contributed by atoms with Gasteiger partial charge in [-0.2, -0.15) is 0 Å². The number of benzene rings is 4. The largest absolute Gasteiger partial charge is 0.290 e. The van der Waals surface area contributed by atoms with Gasteiger partial charge in [0.05, 0.1) is 58.2 Å². The quantitative estimate of drug-likeness (QED) is 0.163. The van der Waals surface area contributed by atoms with Crippen LogP contribution in [0.5, 0.6) is 0 Å². The smallest absolute Gasteiger partial charge is 0.121 e. The van der Waals surface area contributed by atoms with Gasteiger partial charge in [0, 0.05) is 10.8 Å². The minimum Gasteiger partial charge on any atom is -0.290 e. The summed E-state index contributed by atoms with van der Waals surface area (Å²) in [6.45, 7) is 13.9. The Kier molecular flexibility index (Phi) is 6.91. The van der Waals surface area contributed by atoms with Crippen LogP contribution in [0, 0.1) is 0 Å². The van der Waals surface area contributed by atoms with Gasteiger partial charge in [0.15, 0.2) is 0 Å². The van der Waals surface area contributed by atoms with Gasteiger partial charge in [0.1, 0.15) is 20.0 Å². The predicted molar refractivity (Wildman–Crippen MR) is 200 cm³/mol. The van der Waals surface area contributed by atoms with E-state index in [-0.39, 0.29) is 10.8 Å². The summed E-state index contributed by atoms with van der Waals surface area (Å²) in [6, 6.07) is 14.1. The second-order valence-corrected chi connectivity index (χ2v) is 16.9. The SMILES string of the molecule is CC(C)(C)c1cc(N(c2cncs2)c2cncs2)c2ccc3c(C(C)(C)C)cc(N(c4cncs4)c4cncs4)c4ccc1c2c43. The van der Waals surface area contributed by atoms with Crippen molar-refractivity contribution in [2.24, 2.45) is 0 Å². The Hall–Kier alpha value is -3.96. The second-order valence-electron chi connectivity index (χ2n) is 13.5. The Morgan fingerprint density at radius 3 is 1.02 bits per heavy atom. The number of anilines is 6. The molecule has 8 aromatic rings. The zero-order valence-corrected chi connectivity index (χ0v) is 29.7. The van der Waals surface area contributed by atoms with Crippen molar-refractivity contribution in [1.29, 1.82) is 0 Å². The van der Waals surface area contributed by atoms with Crippen molar-refractivity contribution in [2.75, 3.05) is 9.80 Å². The average Bonchev–Trinajstić information content (AvgIpc) is 3.85. The first kappa shape index (κ1) is 29.4.